The largest absolute Gasteiger partial charge is 0.493 e. The molecule has 0 aliphatic rings. The fourth-order valence-electron chi connectivity index (χ4n) is 2.65. The number of hydrogen-bond donors (Lipinski definition) is 2. The second kappa shape index (κ2) is 7.21. The summed E-state index contributed by atoms with van der Waals surface area (Å²) in [6.45, 7) is 8.26. The van der Waals surface area contributed by atoms with E-state index in [9.17, 15) is 18.5 Å². The highest BCUT2D eigenvalue weighted by atomic mass is 32.2. The second-order valence-corrected chi connectivity index (χ2v) is 9.81. The smallest absolute Gasteiger partial charge is 0.423 e. The molecular formula is C19H24BN3O5S. The molecule has 0 spiro atoms. The van der Waals surface area contributed by atoms with Crippen LogP contribution < -0.4 is 5.46 Å². The van der Waals surface area contributed by atoms with E-state index in [1.54, 1.807) is 39.8 Å². The van der Waals surface area contributed by atoms with Crippen LogP contribution >= 0.6 is 0 Å². The van der Waals surface area contributed by atoms with Crippen molar-refractivity contribution >= 4 is 33.6 Å². The van der Waals surface area contributed by atoms with E-state index in [4.69, 9.17) is 4.65 Å². The van der Waals surface area contributed by atoms with Gasteiger partial charge < -0.3 is 14.8 Å². The number of fused-ring (bicyclic) bond motifs is 1. The summed E-state index contributed by atoms with van der Waals surface area (Å²) in [5.41, 5.74) is -1.13. The zero-order chi connectivity index (χ0) is 21.6. The molecule has 3 rings (SSSR count). The van der Waals surface area contributed by atoms with Gasteiger partial charge in [-0.25, -0.2) is 22.4 Å². The molecule has 10 heteroatoms. The van der Waals surface area contributed by atoms with Gasteiger partial charge in [-0.2, -0.15) is 0 Å². The standard InChI is InChI=1S/C19H24BN3O5S/c1-13-6-8-14(9-7-13)29(26,27)23-11-16(15-10-21-12-22-17(15)23)20(25)28-19(4,5)18(2,3)24/h6-12,24-25H,1-5H3. The SMILES string of the molecule is Cc1ccc(S(=O)(=O)n2cc(B(O)OC(C)(C)C(C)(C)O)c3cncnc32)cc1. The number of benzene rings is 1. The predicted molar refractivity (Wildman–Crippen MR) is 110 cm³/mol. The number of aryl methyl sites for hydroxylation is 1. The molecule has 0 amide bonds. The van der Waals surface area contributed by atoms with Crippen LogP contribution in [0.3, 0.4) is 0 Å². The molecule has 0 saturated heterocycles. The maximum Gasteiger partial charge on any atom is 0.493 e. The van der Waals surface area contributed by atoms with E-state index in [1.165, 1.54) is 30.9 Å². The summed E-state index contributed by atoms with van der Waals surface area (Å²) in [7, 11) is -5.46. The molecule has 1 aromatic carbocycles. The van der Waals surface area contributed by atoms with Gasteiger partial charge >= 0.3 is 7.12 Å². The second-order valence-electron chi connectivity index (χ2n) is 8.00. The summed E-state index contributed by atoms with van der Waals surface area (Å²) in [4.78, 5) is 8.14. The number of aliphatic hydroxyl groups is 1. The Morgan fingerprint density at radius 1 is 1.14 bits per heavy atom. The maximum absolute atomic E-state index is 13.2. The number of rotatable bonds is 6. The molecule has 0 unspecified atom stereocenters. The summed E-state index contributed by atoms with van der Waals surface area (Å²) in [5, 5.41) is 21.3. The Bertz CT molecular complexity index is 1130. The van der Waals surface area contributed by atoms with E-state index in [0.29, 0.717) is 5.39 Å². The van der Waals surface area contributed by atoms with Gasteiger partial charge in [-0.1, -0.05) is 17.7 Å². The van der Waals surface area contributed by atoms with Crippen LogP contribution in [0.5, 0.6) is 0 Å². The van der Waals surface area contributed by atoms with Gasteiger partial charge in [0.1, 0.15) is 6.33 Å². The summed E-state index contributed by atoms with van der Waals surface area (Å²) in [6.07, 6.45) is 3.93. The Morgan fingerprint density at radius 3 is 2.34 bits per heavy atom. The lowest BCUT2D eigenvalue weighted by Gasteiger charge is -2.38. The van der Waals surface area contributed by atoms with Crippen molar-refractivity contribution in [2.24, 2.45) is 0 Å². The van der Waals surface area contributed by atoms with E-state index >= 15 is 0 Å². The van der Waals surface area contributed by atoms with Gasteiger partial charge in [0.05, 0.1) is 16.1 Å². The summed E-state index contributed by atoms with van der Waals surface area (Å²) < 4.78 is 33.1. The van der Waals surface area contributed by atoms with E-state index in [-0.39, 0.29) is 16.0 Å². The molecule has 0 fully saturated rings. The van der Waals surface area contributed by atoms with Gasteiger partial charge in [0.2, 0.25) is 0 Å². The van der Waals surface area contributed by atoms with Gasteiger partial charge in [0, 0.05) is 23.2 Å². The van der Waals surface area contributed by atoms with Gasteiger partial charge in [0.25, 0.3) is 10.0 Å². The average Bonchev–Trinajstić information content (AvgIpc) is 3.01. The average molecular weight is 417 g/mol. The molecule has 154 valence electrons. The zero-order valence-electron chi connectivity index (χ0n) is 17.0. The molecule has 3 aromatic rings. The molecular weight excluding hydrogens is 393 g/mol. The van der Waals surface area contributed by atoms with E-state index in [1.807, 2.05) is 6.92 Å². The van der Waals surface area contributed by atoms with E-state index in [2.05, 4.69) is 9.97 Å². The van der Waals surface area contributed by atoms with Crippen molar-refractivity contribution < 1.29 is 23.2 Å². The van der Waals surface area contributed by atoms with Crippen molar-refractivity contribution in [3.63, 3.8) is 0 Å². The minimum atomic E-state index is -3.96. The van der Waals surface area contributed by atoms with Crippen LogP contribution in [-0.2, 0) is 14.7 Å². The molecule has 0 aliphatic heterocycles. The van der Waals surface area contributed by atoms with Crippen molar-refractivity contribution in [3.05, 3.63) is 48.5 Å². The third-order valence-electron chi connectivity index (χ3n) is 5.19. The lowest BCUT2D eigenvalue weighted by atomic mass is 9.77. The van der Waals surface area contributed by atoms with Crippen LogP contribution in [0.4, 0.5) is 0 Å². The van der Waals surface area contributed by atoms with Crippen LogP contribution in [0.15, 0.2) is 47.9 Å². The fourth-order valence-corrected chi connectivity index (χ4v) is 3.98. The van der Waals surface area contributed by atoms with Gasteiger partial charge in [-0.3, -0.25) is 0 Å². The highest BCUT2D eigenvalue weighted by molar-refractivity contribution is 7.90. The quantitative estimate of drug-likeness (QED) is 0.580. The molecule has 0 saturated carbocycles. The third-order valence-corrected chi connectivity index (χ3v) is 6.85. The first kappa shape index (κ1) is 21.4. The van der Waals surface area contributed by atoms with Gasteiger partial charge in [-0.05, 0) is 46.8 Å². The van der Waals surface area contributed by atoms with Crippen LogP contribution in [-0.4, -0.2) is 50.8 Å². The van der Waals surface area contributed by atoms with Crippen molar-refractivity contribution in [1.82, 2.24) is 13.9 Å². The normalized spacial score (nSPS) is 13.1. The number of hydrogen-bond acceptors (Lipinski definition) is 7. The lowest BCUT2D eigenvalue weighted by Crippen LogP contribution is -2.53. The molecule has 8 nitrogen and oxygen atoms in total. The molecule has 0 atom stereocenters. The van der Waals surface area contributed by atoms with Crippen molar-refractivity contribution in [1.29, 1.82) is 0 Å². The fraction of sp³-hybridized carbons (Fsp3) is 0.368. The van der Waals surface area contributed by atoms with E-state index in [0.717, 1.165) is 9.54 Å². The van der Waals surface area contributed by atoms with Crippen molar-refractivity contribution in [3.8, 4) is 0 Å². The highest BCUT2D eigenvalue weighted by Crippen LogP contribution is 2.26. The first-order valence-corrected chi connectivity index (χ1v) is 10.5. The first-order valence-electron chi connectivity index (χ1n) is 9.06. The first-order chi connectivity index (χ1) is 13.3. The Morgan fingerprint density at radius 2 is 1.76 bits per heavy atom. The van der Waals surface area contributed by atoms with Crippen LogP contribution in [0, 0.1) is 6.92 Å². The molecule has 2 heterocycles. The molecule has 2 N–H and O–H groups in total. The highest BCUT2D eigenvalue weighted by Gasteiger charge is 2.40. The third kappa shape index (κ3) is 3.93. The molecule has 0 aliphatic carbocycles. The van der Waals surface area contributed by atoms with Crippen molar-refractivity contribution in [2.45, 2.75) is 50.7 Å². The van der Waals surface area contributed by atoms with Crippen molar-refractivity contribution in [2.75, 3.05) is 0 Å². The van der Waals surface area contributed by atoms with Crippen LogP contribution in [0.1, 0.15) is 33.3 Å². The Hall–Kier alpha value is -2.27. The van der Waals surface area contributed by atoms with Crippen LogP contribution in [0.25, 0.3) is 11.0 Å². The van der Waals surface area contributed by atoms with Gasteiger partial charge in [0.15, 0.2) is 5.65 Å². The number of aromatic nitrogens is 3. The lowest BCUT2D eigenvalue weighted by molar-refractivity contribution is -0.0982. The Kier molecular flexibility index (Phi) is 5.33. The monoisotopic (exact) mass is 417 g/mol. The minimum Gasteiger partial charge on any atom is -0.423 e. The van der Waals surface area contributed by atoms with Crippen LogP contribution in [0.2, 0.25) is 0 Å². The topological polar surface area (TPSA) is 115 Å². The summed E-state index contributed by atoms with van der Waals surface area (Å²) >= 11 is 0. The summed E-state index contributed by atoms with van der Waals surface area (Å²) in [5.74, 6) is 0. The molecule has 0 bridgehead atoms. The van der Waals surface area contributed by atoms with E-state index < -0.39 is 28.3 Å². The number of nitrogens with zero attached hydrogens (tertiary/aromatic N) is 3. The zero-order valence-corrected chi connectivity index (χ0v) is 17.8. The van der Waals surface area contributed by atoms with Gasteiger partial charge in [-0.15, -0.1) is 0 Å². The molecule has 0 radical (unpaired) electrons. The minimum absolute atomic E-state index is 0.0948. The maximum atomic E-state index is 13.2. The summed E-state index contributed by atoms with van der Waals surface area (Å²) in [6, 6.07) is 6.44. The molecule has 29 heavy (non-hydrogen) atoms. The predicted octanol–water partition coefficient (Wildman–Crippen LogP) is 1.23. The Labute approximate surface area is 170 Å². The Balaban J connectivity index is 2.12. The molecule has 2 aromatic heterocycles.